The normalized spacial score (nSPS) is 12.8. The molecule has 1 aromatic rings. The van der Waals surface area contributed by atoms with Gasteiger partial charge in [0, 0.05) is 13.0 Å². The Hall–Kier alpha value is -0.860. The zero-order valence-corrected chi connectivity index (χ0v) is 10.5. The second-order valence-corrected chi connectivity index (χ2v) is 4.35. The molecule has 0 aromatic heterocycles. The molecule has 1 N–H and O–H groups in total. The number of hydrogen-bond acceptors (Lipinski definition) is 2. The molecule has 0 aliphatic carbocycles. The van der Waals surface area contributed by atoms with E-state index in [0.29, 0.717) is 13.0 Å². The molecule has 0 radical (unpaired) electrons. The van der Waals surface area contributed by atoms with Crippen molar-refractivity contribution in [3.05, 3.63) is 34.9 Å². The van der Waals surface area contributed by atoms with Crippen LogP contribution in [-0.2, 0) is 11.2 Å². The Kier molecular flexibility index (Phi) is 5.50. The van der Waals surface area contributed by atoms with Crippen LogP contribution < -0.4 is 0 Å². The lowest BCUT2D eigenvalue weighted by Crippen LogP contribution is -2.18. The summed E-state index contributed by atoms with van der Waals surface area (Å²) < 4.78 is 5.32. The molecule has 0 amide bonds. The van der Waals surface area contributed by atoms with E-state index in [4.69, 9.17) is 4.74 Å². The minimum atomic E-state index is -0.395. The summed E-state index contributed by atoms with van der Waals surface area (Å²) in [4.78, 5) is 0. The predicted molar refractivity (Wildman–Crippen MR) is 66.7 cm³/mol. The number of ether oxygens (including phenoxy) is 1. The average molecular weight is 222 g/mol. The molecule has 0 fully saturated rings. The topological polar surface area (TPSA) is 29.5 Å². The van der Waals surface area contributed by atoms with Crippen LogP contribution in [0.2, 0.25) is 0 Å². The van der Waals surface area contributed by atoms with Crippen LogP contribution in [0.3, 0.4) is 0 Å². The van der Waals surface area contributed by atoms with Crippen molar-refractivity contribution in [1.82, 2.24) is 0 Å². The number of aryl methyl sites for hydroxylation is 2. The minimum Gasteiger partial charge on any atom is -0.390 e. The van der Waals surface area contributed by atoms with Gasteiger partial charge in [-0.3, -0.25) is 0 Å². The third kappa shape index (κ3) is 4.33. The van der Waals surface area contributed by atoms with Crippen molar-refractivity contribution in [1.29, 1.82) is 0 Å². The summed E-state index contributed by atoms with van der Waals surface area (Å²) >= 11 is 0. The Morgan fingerprint density at radius 2 is 2.00 bits per heavy atom. The lowest BCUT2D eigenvalue weighted by atomic mass is 10.0. The molecule has 0 saturated carbocycles. The molecule has 2 nitrogen and oxygen atoms in total. The van der Waals surface area contributed by atoms with E-state index in [-0.39, 0.29) is 0 Å². The molecule has 90 valence electrons. The third-order valence-electron chi connectivity index (χ3n) is 2.70. The van der Waals surface area contributed by atoms with Crippen LogP contribution in [0.25, 0.3) is 0 Å². The van der Waals surface area contributed by atoms with Gasteiger partial charge in [-0.2, -0.15) is 0 Å². The number of hydrogen-bond donors (Lipinski definition) is 1. The Labute approximate surface area is 98.3 Å². The lowest BCUT2D eigenvalue weighted by molar-refractivity contribution is 0.0374. The van der Waals surface area contributed by atoms with Crippen molar-refractivity contribution in [3.8, 4) is 0 Å². The highest BCUT2D eigenvalue weighted by atomic mass is 16.5. The van der Waals surface area contributed by atoms with Crippen molar-refractivity contribution in [3.63, 3.8) is 0 Å². The SMILES string of the molecule is CCCOCC(O)Cc1ccc(C)c(C)c1. The van der Waals surface area contributed by atoms with E-state index < -0.39 is 6.10 Å². The number of aliphatic hydroxyl groups excluding tert-OH is 1. The van der Waals surface area contributed by atoms with Crippen LogP contribution in [0.4, 0.5) is 0 Å². The highest BCUT2D eigenvalue weighted by molar-refractivity contribution is 5.30. The summed E-state index contributed by atoms with van der Waals surface area (Å²) in [5, 5.41) is 9.76. The minimum absolute atomic E-state index is 0.395. The number of benzene rings is 1. The van der Waals surface area contributed by atoms with Crippen LogP contribution in [0.15, 0.2) is 18.2 Å². The summed E-state index contributed by atoms with van der Waals surface area (Å²) in [6.07, 6.45) is 1.27. The largest absolute Gasteiger partial charge is 0.390 e. The molecule has 0 saturated heterocycles. The van der Waals surface area contributed by atoms with Crippen molar-refractivity contribution >= 4 is 0 Å². The van der Waals surface area contributed by atoms with E-state index in [1.165, 1.54) is 16.7 Å². The molecule has 1 unspecified atom stereocenters. The van der Waals surface area contributed by atoms with Crippen molar-refractivity contribution < 1.29 is 9.84 Å². The Morgan fingerprint density at radius 3 is 2.62 bits per heavy atom. The van der Waals surface area contributed by atoms with Gasteiger partial charge in [-0.15, -0.1) is 0 Å². The molecule has 2 heteroatoms. The Balaban J connectivity index is 2.43. The maximum absolute atomic E-state index is 9.76. The molecule has 1 aromatic carbocycles. The highest BCUT2D eigenvalue weighted by Gasteiger charge is 2.06. The Morgan fingerprint density at radius 1 is 1.25 bits per heavy atom. The smallest absolute Gasteiger partial charge is 0.0813 e. The van der Waals surface area contributed by atoms with Crippen LogP contribution in [0.1, 0.15) is 30.0 Å². The van der Waals surface area contributed by atoms with Crippen LogP contribution in [-0.4, -0.2) is 24.4 Å². The second kappa shape index (κ2) is 6.66. The lowest BCUT2D eigenvalue weighted by Gasteiger charge is -2.12. The first-order valence-corrected chi connectivity index (χ1v) is 5.95. The fourth-order valence-corrected chi connectivity index (χ4v) is 1.63. The van der Waals surface area contributed by atoms with Crippen LogP contribution in [0, 0.1) is 13.8 Å². The average Bonchev–Trinajstić information content (AvgIpc) is 2.24. The predicted octanol–water partition coefficient (Wildman–Crippen LogP) is 2.63. The summed E-state index contributed by atoms with van der Waals surface area (Å²) in [5.41, 5.74) is 3.75. The molecular weight excluding hydrogens is 200 g/mol. The number of rotatable bonds is 6. The summed E-state index contributed by atoms with van der Waals surface area (Å²) in [7, 11) is 0. The molecular formula is C14H22O2. The van der Waals surface area contributed by atoms with Gasteiger partial charge in [-0.1, -0.05) is 25.1 Å². The fourth-order valence-electron chi connectivity index (χ4n) is 1.63. The molecule has 1 atom stereocenters. The third-order valence-corrected chi connectivity index (χ3v) is 2.70. The quantitative estimate of drug-likeness (QED) is 0.750. The molecule has 16 heavy (non-hydrogen) atoms. The van der Waals surface area contributed by atoms with E-state index in [0.717, 1.165) is 13.0 Å². The van der Waals surface area contributed by atoms with Gasteiger partial charge in [-0.25, -0.2) is 0 Å². The number of aliphatic hydroxyl groups is 1. The fraction of sp³-hybridized carbons (Fsp3) is 0.571. The van der Waals surface area contributed by atoms with Crippen LogP contribution >= 0.6 is 0 Å². The van der Waals surface area contributed by atoms with E-state index in [1.54, 1.807) is 0 Å². The molecule has 0 spiro atoms. The van der Waals surface area contributed by atoms with E-state index in [9.17, 15) is 5.11 Å². The zero-order chi connectivity index (χ0) is 12.0. The van der Waals surface area contributed by atoms with Crippen molar-refractivity contribution in [2.24, 2.45) is 0 Å². The first-order chi connectivity index (χ1) is 7.63. The molecule has 0 aliphatic heterocycles. The van der Waals surface area contributed by atoms with Gasteiger partial charge in [0.15, 0.2) is 0 Å². The summed E-state index contributed by atoms with van der Waals surface area (Å²) in [5.74, 6) is 0. The highest BCUT2D eigenvalue weighted by Crippen LogP contribution is 2.11. The monoisotopic (exact) mass is 222 g/mol. The molecule has 1 rings (SSSR count). The first kappa shape index (κ1) is 13.2. The van der Waals surface area contributed by atoms with Gasteiger partial charge in [0.25, 0.3) is 0 Å². The van der Waals surface area contributed by atoms with E-state index in [1.807, 2.05) is 0 Å². The zero-order valence-electron chi connectivity index (χ0n) is 10.5. The van der Waals surface area contributed by atoms with E-state index in [2.05, 4.69) is 39.0 Å². The maximum Gasteiger partial charge on any atom is 0.0813 e. The molecule has 0 aliphatic rings. The Bertz CT molecular complexity index is 321. The van der Waals surface area contributed by atoms with Crippen LogP contribution in [0.5, 0.6) is 0 Å². The van der Waals surface area contributed by atoms with E-state index >= 15 is 0 Å². The van der Waals surface area contributed by atoms with Gasteiger partial charge < -0.3 is 9.84 Å². The van der Waals surface area contributed by atoms with Gasteiger partial charge in [0.2, 0.25) is 0 Å². The summed E-state index contributed by atoms with van der Waals surface area (Å²) in [6.45, 7) is 7.42. The van der Waals surface area contributed by atoms with Gasteiger partial charge >= 0.3 is 0 Å². The van der Waals surface area contributed by atoms with Crippen molar-refractivity contribution in [2.75, 3.05) is 13.2 Å². The van der Waals surface area contributed by atoms with Gasteiger partial charge in [0.05, 0.1) is 12.7 Å². The standard InChI is InChI=1S/C14H22O2/c1-4-7-16-10-14(15)9-13-6-5-11(2)12(3)8-13/h5-6,8,14-15H,4,7,9-10H2,1-3H3. The van der Waals surface area contributed by atoms with Gasteiger partial charge in [0.1, 0.15) is 0 Å². The maximum atomic E-state index is 9.76. The van der Waals surface area contributed by atoms with Crippen molar-refractivity contribution in [2.45, 2.75) is 39.7 Å². The first-order valence-electron chi connectivity index (χ1n) is 5.95. The second-order valence-electron chi connectivity index (χ2n) is 4.35. The molecule has 0 heterocycles. The van der Waals surface area contributed by atoms with Gasteiger partial charge in [-0.05, 0) is 37.0 Å². The molecule has 0 bridgehead atoms. The summed E-state index contributed by atoms with van der Waals surface area (Å²) in [6, 6.07) is 6.31.